The lowest BCUT2D eigenvalue weighted by Gasteiger charge is -2.13. The number of imidazole rings is 1. The molecule has 0 unspecified atom stereocenters. The summed E-state index contributed by atoms with van der Waals surface area (Å²) in [6.45, 7) is 2.58. The molecule has 7 heteroatoms. The standard InChI is InChI=1S/C23H23N5O2/c1-12-7-16(15-9-13(11-26-2)3-6-20(15)29)21(30)17(8-12)23-27-18-5-4-14(22(24)25)10-19(18)28-23/h3-10,26,29-30H,11H2,1-2H3,(H3,24,25)(H,27,28). The molecule has 7 nitrogen and oxygen atoms in total. The van der Waals surface area contributed by atoms with Crippen LogP contribution in [0.2, 0.25) is 0 Å². The predicted octanol–water partition coefficient (Wildman–Crippen LogP) is 3.62. The summed E-state index contributed by atoms with van der Waals surface area (Å²) in [6.07, 6.45) is 0. The number of aromatic amines is 1. The first-order valence-corrected chi connectivity index (χ1v) is 9.52. The summed E-state index contributed by atoms with van der Waals surface area (Å²) in [4.78, 5) is 7.79. The maximum Gasteiger partial charge on any atom is 0.142 e. The Labute approximate surface area is 173 Å². The smallest absolute Gasteiger partial charge is 0.142 e. The van der Waals surface area contributed by atoms with Crippen LogP contribution < -0.4 is 11.1 Å². The summed E-state index contributed by atoms with van der Waals surface area (Å²) in [7, 11) is 1.86. The van der Waals surface area contributed by atoms with Crippen LogP contribution in [0.1, 0.15) is 16.7 Å². The molecule has 0 spiro atoms. The van der Waals surface area contributed by atoms with Crippen LogP contribution in [0.5, 0.6) is 11.5 Å². The van der Waals surface area contributed by atoms with Crippen LogP contribution in [0, 0.1) is 12.3 Å². The van der Waals surface area contributed by atoms with Crippen molar-refractivity contribution in [2.45, 2.75) is 13.5 Å². The molecule has 4 rings (SSSR count). The minimum absolute atomic E-state index is 0.0225. The number of phenolic OH excluding ortho intramolecular Hbond substituents is 2. The second-order valence-corrected chi connectivity index (χ2v) is 7.32. The maximum atomic E-state index is 11.1. The third-order valence-corrected chi connectivity index (χ3v) is 5.03. The number of aromatic nitrogens is 2. The van der Waals surface area contributed by atoms with Gasteiger partial charge in [0.1, 0.15) is 23.2 Å². The van der Waals surface area contributed by atoms with Gasteiger partial charge < -0.3 is 26.2 Å². The summed E-state index contributed by atoms with van der Waals surface area (Å²) in [5.41, 5.74) is 11.1. The highest BCUT2D eigenvalue weighted by Gasteiger charge is 2.18. The molecule has 1 heterocycles. The number of hydrogen-bond donors (Lipinski definition) is 6. The Morgan fingerprint density at radius 3 is 2.57 bits per heavy atom. The van der Waals surface area contributed by atoms with Crippen LogP contribution in [0.25, 0.3) is 33.5 Å². The van der Waals surface area contributed by atoms with Crippen LogP contribution in [0.3, 0.4) is 0 Å². The van der Waals surface area contributed by atoms with Gasteiger partial charge in [-0.2, -0.15) is 0 Å². The van der Waals surface area contributed by atoms with E-state index < -0.39 is 0 Å². The molecule has 30 heavy (non-hydrogen) atoms. The zero-order valence-electron chi connectivity index (χ0n) is 16.7. The molecule has 0 saturated carbocycles. The number of amidine groups is 1. The van der Waals surface area contributed by atoms with E-state index in [1.165, 1.54) is 0 Å². The van der Waals surface area contributed by atoms with Crippen molar-refractivity contribution in [2.24, 2.45) is 5.73 Å². The lowest BCUT2D eigenvalue weighted by Crippen LogP contribution is -2.10. The minimum Gasteiger partial charge on any atom is -0.507 e. The molecule has 0 fully saturated rings. The second kappa shape index (κ2) is 7.53. The Hall–Kier alpha value is -3.84. The van der Waals surface area contributed by atoms with Gasteiger partial charge in [-0.3, -0.25) is 5.41 Å². The number of H-pyrrole nitrogens is 1. The number of benzene rings is 3. The quantitative estimate of drug-likeness (QED) is 0.225. The van der Waals surface area contributed by atoms with Crippen LogP contribution in [0.15, 0.2) is 48.5 Å². The average Bonchev–Trinajstić information content (AvgIpc) is 3.14. The van der Waals surface area contributed by atoms with Gasteiger partial charge in [0.25, 0.3) is 0 Å². The molecule has 0 bridgehead atoms. The van der Waals surface area contributed by atoms with E-state index in [0.717, 1.165) is 16.6 Å². The Balaban J connectivity index is 1.87. The van der Waals surface area contributed by atoms with Crippen LogP contribution in [-0.4, -0.2) is 33.1 Å². The number of hydrogen-bond acceptors (Lipinski definition) is 5. The highest BCUT2D eigenvalue weighted by Crippen LogP contribution is 2.42. The number of nitrogens with one attached hydrogen (secondary N) is 3. The van der Waals surface area contributed by atoms with Gasteiger partial charge in [-0.1, -0.05) is 6.07 Å². The highest BCUT2D eigenvalue weighted by molar-refractivity contribution is 5.98. The van der Waals surface area contributed by atoms with Crippen LogP contribution in [0.4, 0.5) is 0 Å². The van der Waals surface area contributed by atoms with E-state index in [4.69, 9.17) is 11.1 Å². The normalized spacial score (nSPS) is 11.1. The van der Waals surface area contributed by atoms with E-state index in [2.05, 4.69) is 15.3 Å². The highest BCUT2D eigenvalue weighted by atomic mass is 16.3. The van der Waals surface area contributed by atoms with Crippen molar-refractivity contribution in [3.8, 4) is 34.0 Å². The van der Waals surface area contributed by atoms with Gasteiger partial charge in [-0.25, -0.2) is 4.98 Å². The van der Waals surface area contributed by atoms with E-state index in [0.29, 0.717) is 40.1 Å². The Morgan fingerprint density at radius 2 is 1.83 bits per heavy atom. The molecule has 4 aromatic rings. The van der Waals surface area contributed by atoms with E-state index in [-0.39, 0.29) is 17.3 Å². The van der Waals surface area contributed by atoms with E-state index in [1.54, 1.807) is 24.3 Å². The Bertz CT molecular complexity index is 1280. The number of nitrogen functional groups attached to an aromatic ring is 1. The number of rotatable bonds is 5. The zero-order valence-corrected chi connectivity index (χ0v) is 16.7. The fourth-order valence-corrected chi connectivity index (χ4v) is 3.58. The summed E-state index contributed by atoms with van der Waals surface area (Å²) < 4.78 is 0. The molecule has 152 valence electrons. The molecule has 0 saturated heterocycles. The van der Waals surface area contributed by atoms with Crippen molar-refractivity contribution in [3.05, 3.63) is 65.2 Å². The first kappa shape index (κ1) is 19.5. The predicted molar refractivity (Wildman–Crippen MR) is 119 cm³/mol. The molecular weight excluding hydrogens is 378 g/mol. The molecule has 0 amide bonds. The molecule has 0 aliphatic carbocycles. The van der Waals surface area contributed by atoms with E-state index in [9.17, 15) is 10.2 Å². The van der Waals surface area contributed by atoms with Crippen molar-refractivity contribution in [2.75, 3.05) is 7.05 Å². The molecule has 0 atom stereocenters. The van der Waals surface area contributed by atoms with Gasteiger partial charge >= 0.3 is 0 Å². The zero-order chi connectivity index (χ0) is 21.4. The van der Waals surface area contributed by atoms with Crippen molar-refractivity contribution in [1.29, 1.82) is 5.41 Å². The first-order valence-electron chi connectivity index (χ1n) is 9.52. The first-order chi connectivity index (χ1) is 14.4. The summed E-state index contributed by atoms with van der Waals surface area (Å²) in [5.74, 6) is 0.602. The van der Waals surface area contributed by atoms with Gasteiger partial charge in [0.15, 0.2) is 0 Å². The number of phenols is 2. The maximum absolute atomic E-state index is 11.1. The van der Waals surface area contributed by atoms with Gasteiger partial charge in [0.2, 0.25) is 0 Å². The Kier molecular flexibility index (Phi) is 4.89. The number of nitrogens with two attached hydrogens (primary N) is 1. The van der Waals surface area contributed by atoms with Crippen molar-refractivity contribution >= 4 is 16.9 Å². The summed E-state index contributed by atoms with van der Waals surface area (Å²) in [5, 5.41) is 32.2. The fraction of sp³-hybridized carbons (Fsp3) is 0.130. The third kappa shape index (κ3) is 3.46. The van der Waals surface area contributed by atoms with Gasteiger partial charge in [0.05, 0.1) is 16.6 Å². The molecule has 0 radical (unpaired) electrons. The molecule has 0 aliphatic heterocycles. The Morgan fingerprint density at radius 1 is 1.07 bits per heavy atom. The van der Waals surface area contributed by atoms with Crippen LogP contribution in [-0.2, 0) is 6.54 Å². The van der Waals surface area contributed by atoms with E-state index >= 15 is 0 Å². The average molecular weight is 401 g/mol. The molecule has 3 aromatic carbocycles. The van der Waals surface area contributed by atoms with Crippen molar-refractivity contribution in [1.82, 2.24) is 15.3 Å². The third-order valence-electron chi connectivity index (χ3n) is 5.03. The topological polar surface area (TPSA) is 131 Å². The summed E-state index contributed by atoms with van der Waals surface area (Å²) in [6, 6.07) is 14.3. The molecular formula is C23H23N5O2. The molecule has 1 aromatic heterocycles. The lowest BCUT2D eigenvalue weighted by atomic mass is 9.96. The van der Waals surface area contributed by atoms with E-state index in [1.807, 2.05) is 38.2 Å². The molecule has 0 aliphatic rings. The SMILES string of the molecule is CNCc1ccc(O)c(-c2cc(C)cc(-c3nc4ccc(C(=N)N)cc4[nH]3)c2O)c1. The van der Waals surface area contributed by atoms with Gasteiger partial charge in [-0.05, 0) is 67.6 Å². The van der Waals surface area contributed by atoms with Gasteiger partial charge in [0, 0.05) is 23.2 Å². The number of fused-ring (bicyclic) bond motifs is 1. The number of aromatic hydroxyl groups is 2. The number of aryl methyl sites for hydroxylation is 1. The largest absolute Gasteiger partial charge is 0.507 e. The van der Waals surface area contributed by atoms with Crippen molar-refractivity contribution < 1.29 is 10.2 Å². The lowest BCUT2D eigenvalue weighted by molar-refractivity contribution is 0.469. The van der Waals surface area contributed by atoms with Crippen molar-refractivity contribution in [3.63, 3.8) is 0 Å². The monoisotopic (exact) mass is 401 g/mol. The minimum atomic E-state index is -0.0225. The molecule has 7 N–H and O–H groups in total. The van der Waals surface area contributed by atoms with Gasteiger partial charge in [-0.15, -0.1) is 0 Å². The summed E-state index contributed by atoms with van der Waals surface area (Å²) >= 11 is 0. The second-order valence-electron chi connectivity index (χ2n) is 7.32. The number of nitrogens with zero attached hydrogens (tertiary/aromatic N) is 1. The fourth-order valence-electron chi connectivity index (χ4n) is 3.58. The van der Waals surface area contributed by atoms with Crippen LogP contribution >= 0.6 is 0 Å².